The Bertz CT molecular complexity index is 175. The number of aliphatic imine (C=N–C) groups is 1. The number of nitrogens with one attached hydrogen (secondary N) is 1. The lowest BCUT2D eigenvalue weighted by Gasteiger charge is -2.14. The fourth-order valence-corrected chi connectivity index (χ4v) is 1.08. The van der Waals surface area contributed by atoms with Gasteiger partial charge in [-0.3, -0.25) is 4.99 Å². The molecule has 84 valence electrons. The molecule has 0 aromatic heterocycles. The van der Waals surface area contributed by atoms with E-state index in [9.17, 15) is 0 Å². The standard InChI is InChI=1S/C10H24N4/c1-8(2)12-10(11)13-9(3)6-7-14(4)5/h8-9H,6-7H2,1-5H3,(H3,11,12,13). The molecule has 0 spiro atoms. The molecule has 0 heterocycles. The summed E-state index contributed by atoms with van der Waals surface area (Å²) in [7, 11) is 4.12. The van der Waals surface area contributed by atoms with Crippen LogP contribution < -0.4 is 11.1 Å². The van der Waals surface area contributed by atoms with E-state index in [1.165, 1.54) is 0 Å². The van der Waals surface area contributed by atoms with Crippen molar-refractivity contribution < 1.29 is 0 Å². The first kappa shape index (κ1) is 13.2. The predicted molar refractivity (Wildman–Crippen MR) is 62.5 cm³/mol. The molecule has 0 saturated heterocycles. The predicted octanol–water partition coefficient (Wildman–Crippen LogP) is 0.639. The summed E-state index contributed by atoms with van der Waals surface area (Å²) in [6, 6.07) is 0.628. The molecule has 1 atom stereocenters. The Morgan fingerprint density at radius 3 is 2.36 bits per heavy atom. The Morgan fingerprint density at radius 2 is 1.93 bits per heavy atom. The van der Waals surface area contributed by atoms with Crippen molar-refractivity contribution in [2.75, 3.05) is 20.6 Å². The van der Waals surface area contributed by atoms with Gasteiger partial charge in [0.15, 0.2) is 5.96 Å². The molecule has 0 aliphatic rings. The fourth-order valence-electron chi connectivity index (χ4n) is 1.08. The highest BCUT2D eigenvalue weighted by Crippen LogP contribution is 1.97. The lowest BCUT2D eigenvalue weighted by molar-refractivity contribution is 0.386. The number of nitrogens with zero attached hydrogens (tertiary/aromatic N) is 2. The van der Waals surface area contributed by atoms with E-state index in [-0.39, 0.29) is 6.04 Å². The number of rotatable bonds is 5. The molecule has 0 rings (SSSR count). The van der Waals surface area contributed by atoms with Crippen LogP contribution in [0.4, 0.5) is 0 Å². The van der Waals surface area contributed by atoms with E-state index >= 15 is 0 Å². The quantitative estimate of drug-likeness (QED) is 0.506. The fraction of sp³-hybridized carbons (Fsp3) is 0.900. The van der Waals surface area contributed by atoms with E-state index in [1.54, 1.807) is 0 Å². The Morgan fingerprint density at radius 1 is 1.36 bits per heavy atom. The molecule has 0 aromatic carbocycles. The van der Waals surface area contributed by atoms with Crippen LogP contribution in [0.15, 0.2) is 4.99 Å². The zero-order valence-corrected chi connectivity index (χ0v) is 10.0. The van der Waals surface area contributed by atoms with E-state index in [0.29, 0.717) is 12.0 Å². The molecule has 3 N–H and O–H groups in total. The minimum Gasteiger partial charge on any atom is -0.370 e. The second-order valence-corrected chi connectivity index (χ2v) is 4.25. The molecule has 0 fully saturated rings. The van der Waals surface area contributed by atoms with Crippen LogP contribution in [0, 0.1) is 0 Å². The molecule has 0 aromatic rings. The largest absolute Gasteiger partial charge is 0.370 e. The van der Waals surface area contributed by atoms with Crippen LogP contribution in [0.2, 0.25) is 0 Å². The van der Waals surface area contributed by atoms with Crippen molar-refractivity contribution in [1.82, 2.24) is 10.2 Å². The highest BCUT2D eigenvalue weighted by atomic mass is 15.1. The van der Waals surface area contributed by atoms with Crippen LogP contribution in [-0.2, 0) is 0 Å². The van der Waals surface area contributed by atoms with Gasteiger partial charge in [0, 0.05) is 6.04 Å². The summed E-state index contributed by atoms with van der Waals surface area (Å²) >= 11 is 0. The average Bonchev–Trinajstić information content (AvgIpc) is 1.98. The summed E-state index contributed by atoms with van der Waals surface area (Å²) in [4.78, 5) is 6.50. The van der Waals surface area contributed by atoms with Gasteiger partial charge in [-0.25, -0.2) is 0 Å². The number of nitrogens with two attached hydrogens (primary N) is 1. The molecule has 0 saturated carbocycles. The van der Waals surface area contributed by atoms with Gasteiger partial charge in [-0.2, -0.15) is 0 Å². The van der Waals surface area contributed by atoms with Crippen LogP contribution in [0.5, 0.6) is 0 Å². The van der Waals surface area contributed by atoms with Gasteiger partial charge < -0.3 is 16.0 Å². The van der Waals surface area contributed by atoms with Crippen LogP contribution in [-0.4, -0.2) is 43.6 Å². The van der Waals surface area contributed by atoms with Crippen molar-refractivity contribution in [2.45, 2.75) is 39.3 Å². The topological polar surface area (TPSA) is 53.6 Å². The third kappa shape index (κ3) is 7.86. The van der Waals surface area contributed by atoms with Crippen molar-refractivity contribution >= 4 is 5.96 Å². The first-order valence-corrected chi connectivity index (χ1v) is 5.16. The molecule has 0 aliphatic carbocycles. The molecular weight excluding hydrogens is 176 g/mol. The molecule has 0 amide bonds. The van der Waals surface area contributed by atoms with E-state index in [2.05, 4.69) is 36.2 Å². The maximum Gasteiger partial charge on any atom is 0.189 e. The third-order valence-electron chi connectivity index (χ3n) is 1.79. The van der Waals surface area contributed by atoms with Gasteiger partial charge >= 0.3 is 0 Å². The molecule has 0 aliphatic heterocycles. The van der Waals surface area contributed by atoms with Crippen molar-refractivity contribution in [3.05, 3.63) is 0 Å². The molecule has 0 radical (unpaired) electrons. The van der Waals surface area contributed by atoms with Crippen molar-refractivity contribution in [3.8, 4) is 0 Å². The summed E-state index contributed by atoms with van der Waals surface area (Å²) in [6.45, 7) is 7.22. The van der Waals surface area contributed by atoms with E-state index in [1.807, 2.05) is 13.8 Å². The highest BCUT2D eigenvalue weighted by molar-refractivity contribution is 5.78. The summed E-state index contributed by atoms with van der Waals surface area (Å²) in [5, 5.41) is 3.08. The second-order valence-electron chi connectivity index (χ2n) is 4.25. The lowest BCUT2D eigenvalue weighted by Crippen LogP contribution is -2.37. The van der Waals surface area contributed by atoms with Gasteiger partial charge in [0.2, 0.25) is 0 Å². The number of hydrogen-bond donors (Lipinski definition) is 2. The second kappa shape index (κ2) is 6.65. The van der Waals surface area contributed by atoms with Crippen molar-refractivity contribution in [2.24, 2.45) is 10.7 Å². The van der Waals surface area contributed by atoms with Crippen LogP contribution in [0.1, 0.15) is 27.2 Å². The SMILES string of the molecule is CC(CCN(C)C)N=C(N)NC(C)C. The zero-order chi connectivity index (χ0) is 11.1. The Balaban J connectivity index is 3.83. The van der Waals surface area contributed by atoms with Gasteiger partial charge in [0.25, 0.3) is 0 Å². The van der Waals surface area contributed by atoms with Gasteiger partial charge in [0.05, 0.1) is 6.04 Å². The molecular formula is C10H24N4. The molecule has 4 nitrogen and oxygen atoms in total. The monoisotopic (exact) mass is 200 g/mol. The van der Waals surface area contributed by atoms with E-state index in [4.69, 9.17) is 5.73 Å². The third-order valence-corrected chi connectivity index (χ3v) is 1.79. The summed E-state index contributed by atoms with van der Waals surface area (Å²) < 4.78 is 0. The van der Waals surface area contributed by atoms with E-state index in [0.717, 1.165) is 13.0 Å². The molecule has 4 heteroatoms. The number of hydrogen-bond acceptors (Lipinski definition) is 2. The first-order valence-electron chi connectivity index (χ1n) is 5.16. The molecule has 1 unspecified atom stereocenters. The van der Waals surface area contributed by atoms with Gasteiger partial charge in [-0.15, -0.1) is 0 Å². The Labute approximate surface area is 87.6 Å². The molecule has 0 bridgehead atoms. The van der Waals surface area contributed by atoms with Gasteiger partial charge in [-0.05, 0) is 47.8 Å². The maximum atomic E-state index is 5.71. The Kier molecular flexibility index (Phi) is 6.28. The minimum absolute atomic E-state index is 0.281. The van der Waals surface area contributed by atoms with Crippen LogP contribution in [0.25, 0.3) is 0 Å². The van der Waals surface area contributed by atoms with Crippen LogP contribution >= 0.6 is 0 Å². The summed E-state index contributed by atoms with van der Waals surface area (Å²) in [5.41, 5.74) is 5.71. The highest BCUT2D eigenvalue weighted by Gasteiger charge is 2.02. The normalized spacial score (nSPS) is 14.9. The van der Waals surface area contributed by atoms with Gasteiger partial charge in [-0.1, -0.05) is 0 Å². The summed E-state index contributed by atoms with van der Waals surface area (Å²) in [6.07, 6.45) is 1.04. The smallest absolute Gasteiger partial charge is 0.189 e. The first-order chi connectivity index (χ1) is 6.41. The van der Waals surface area contributed by atoms with Gasteiger partial charge in [0.1, 0.15) is 0 Å². The average molecular weight is 200 g/mol. The maximum absolute atomic E-state index is 5.71. The number of guanidine groups is 1. The zero-order valence-electron chi connectivity index (χ0n) is 10.0. The lowest BCUT2D eigenvalue weighted by atomic mass is 10.2. The van der Waals surface area contributed by atoms with Crippen LogP contribution in [0.3, 0.4) is 0 Å². The van der Waals surface area contributed by atoms with Crippen molar-refractivity contribution in [1.29, 1.82) is 0 Å². The summed E-state index contributed by atoms with van der Waals surface area (Å²) in [5.74, 6) is 0.547. The van der Waals surface area contributed by atoms with E-state index < -0.39 is 0 Å². The minimum atomic E-state index is 0.281. The molecule has 14 heavy (non-hydrogen) atoms. The van der Waals surface area contributed by atoms with Crippen molar-refractivity contribution in [3.63, 3.8) is 0 Å². The Hall–Kier alpha value is -0.770.